The van der Waals surface area contributed by atoms with Gasteiger partial charge in [0.15, 0.2) is 5.84 Å². The summed E-state index contributed by atoms with van der Waals surface area (Å²) < 4.78 is 40.3. The van der Waals surface area contributed by atoms with E-state index in [1.165, 1.54) is 24.3 Å². The van der Waals surface area contributed by atoms with Crippen molar-refractivity contribution in [3.8, 4) is 0 Å². The second-order valence-electron chi connectivity index (χ2n) is 4.24. The van der Waals surface area contributed by atoms with Crippen LogP contribution in [-0.4, -0.2) is 11.0 Å². The Bertz CT molecular complexity index is 689. The van der Waals surface area contributed by atoms with Crippen molar-refractivity contribution >= 4 is 11.5 Å². The predicted octanol–water partition coefficient (Wildman–Crippen LogP) is 2.81. The molecule has 0 fully saturated rings. The van der Waals surface area contributed by atoms with Crippen molar-refractivity contribution in [1.29, 1.82) is 0 Å². The van der Waals surface area contributed by atoms with Gasteiger partial charge in [-0.1, -0.05) is 17.3 Å². The first kappa shape index (κ1) is 14.7. The van der Waals surface area contributed by atoms with Gasteiger partial charge in [0.25, 0.3) is 0 Å². The number of nitrogens with two attached hydrogens (primary N) is 1. The summed E-state index contributed by atoms with van der Waals surface area (Å²) in [6.07, 6.45) is 0. The van der Waals surface area contributed by atoms with Crippen LogP contribution in [0.2, 0.25) is 0 Å². The van der Waals surface area contributed by atoms with Gasteiger partial charge in [0.1, 0.15) is 17.5 Å². The molecule has 21 heavy (non-hydrogen) atoms. The Kier molecular flexibility index (Phi) is 4.32. The van der Waals surface area contributed by atoms with Crippen molar-refractivity contribution in [3.05, 3.63) is 65.0 Å². The molecule has 0 saturated carbocycles. The quantitative estimate of drug-likeness (QED) is 0.351. The molecule has 4 N–H and O–H groups in total. The molecular formula is C14H12F3N3O. The second-order valence-corrected chi connectivity index (χ2v) is 4.24. The van der Waals surface area contributed by atoms with Gasteiger partial charge in [-0.25, -0.2) is 13.2 Å². The lowest BCUT2D eigenvalue weighted by Gasteiger charge is -2.10. The minimum atomic E-state index is -0.775. The summed E-state index contributed by atoms with van der Waals surface area (Å²) in [7, 11) is 0. The van der Waals surface area contributed by atoms with Crippen molar-refractivity contribution in [1.82, 2.24) is 0 Å². The third-order valence-electron chi connectivity index (χ3n) is 2.86. The van der Waals surface area contributed by atoms with E-state index >= 15 is 0 Å². The molecule has 0 radical (unpaired) electrons. The maximum absolute atomic E-state index is 14.1. The van der Waals surface area contributed by atoms with Crippen LogP contribution in [0.3, 0.4) is 0 Å². The number of anilines is 1. The minimum Gasteiger partial charge on any atom is -0.409 e. The molecule has 0 unspecified atom stereocenters. The summed E-state index contributed by atoms with van der Waals surface area (Å²) in [5.41, 5.74) is 5.53. The zero-order valence-electron chi connectivity index (χ0n) is 10.8. The summed E-state index contributed by atoms with van der Waals surface area (Å²) in [6.45, 7) is -0.0407. The first-order chi connectivity index (χ1) is 10.0. The highest BCUT2D eigenvalue weighted by molar-refractivity contribution is 5.97. The fraction of sp³-hybridized carbons (Fsp3) is 0.0714. The topological polar surface area (TPSA) is 70.6 Å². The van der Waals surface area contributed by atoms with Crippen LogP contribution >= 0.6 is 0 Å². The Morgan fingerprint density at radius 1 is 1.19 bits per heavy atom. The lowest BCUT2D eigenvalue weighted by atomic mass is 10.1. The summed E-state index contributed by atoms with van der Waals surface area (Å²) in [4.78, 5) is 0. The molecule has 0 aliphatic heterocycles. The minimum absolute atomic E-state index is 0.0407. The van der Waals surface area contributed by atoms with E-state index in [0.717, 1.165) is 12.1 Å². The molecule has 0 bridgehead atoms. The average molecular weight is 295 g/mol. The highest BCUT2D eigenvalue weighted by Gasteiger charge is 2.12. The van der Waals surface area contributed by atoms with Gasteiger partial charge in [0.05, 0.1) is 11.3 Å². The Morgan fingerprint density at radius 3 is 2.62 bits per heavy atom. The van der Waals surface area contributed by atoms with E-state index in [0.29, 0.717) is 0 Å². The molecule has 2 aromatic carbocycles. The molecule has 0 aromatic heterocycles. The second kappa shape index (κ2) is 6.17. The molecule has 4 nitrogen and oxygen atoms in total. The molecule has 2 rings (SSSR count). The maximum Gasteiger partial charge on any atom is 0.173 e. The van der Waals surface area contributed by atoms with Gasteiger partial charge in [-0.05, 0) is 18.2 Å². The molecule has 110 valence electrons. The van der Waals surface area contributed by atoms with Crippen molar-refractivity contribution in [2.45, 2.75) is 6.54 Å². The number of nitrogens with one attached hydrogen (secondary N) is 1. The van der Waals surface area contributed by atoms with Gasteiger partial charge >= 0.3 is 0 Å². The van der Waals surface area contributed by atoms with E-state index in [9.17, 15) is 13.2 Å². The average Bonchev–Trinajstić information content (AvgIpc) is 2.47. The van der Waals surface area contributed by atoms with Crippen LogP contribution in [0.25, 0.3) is 0 Å². The third-order valence-corrected chi connectivity index (χ3v) is 2.86. The van der Waals surface area contributed by atoms with Gasteiger partial charge in [-0.3, -0.25) is 0 Å². The number of benzene rings is 2. The maximum atomic E-state index is 14.1. The Balaban J connectivity index is 2.21. The standard InChI is InChI=1S/C14H12F3N3O/c15-9-4-5-12(11(16)6-9)19-7-8-2-1-3-10(13(8)17)14(18)20-21/h1-6,19,21H,7H2,(H2,18,20). The van der Waals surface area contributed by atoms with Crippen LogP contribution in [0.15, 0.2) is 41.6 Å². The molecule has 0 aliphatic rings. The monoisotopic (exact) mass is 295 g/mol. The van der Waals surface area contributed by atoms with Gasteiger partial charge in [0.2, 0.25) is 0 Å². The first-order valence-electron chi connectivity index (χ1n) is 5.97. The predicted molar refractivity (Wildman–Crippen MR) is 72.6 cm³/mol. The largest absolute Gasteiger partial charge is 0.409 e. The summed E-state index contributed by atoms with van der Waals surface area (Å²) in [6, 6.07) is 7.38. The molecule has 0 atom stereocenters. The number of hydrogen-bond donors (Lipinski definition) is 3. The Labute approximate surface area is 118 Å². The van der Waals surface area contributed by atoms with Crippen LogP contribution in [0.5, 0.6) is 0 Å². The number of halogens is 3. The smallest absolute Gasteiger partial charge is 0.173 e. The summed E-state index contributed by atoms with van der Waals surface area (Å²) in [5, 5.41) is 14.0. The molecule has 7 heteroatoms. The zero-order chi connectivity index (χ0) is 15.4. The van der Waals surface area contributed by atoms with Crippen LogP contribution < -0.4 is 11.1 Å². The van der Waals surface area contributed by atoms with Gasteiger partial charge in [0, 0.05) is 18.2 Å². The van der Waals surface area contributed by atoms with Gasteiger partial charge < -0.3 is 16.3 Å². The molecule has 0 heterocycles. The van der Waals surface area contributed by atoms with Gasteiger partial charge in [-0.2, -0.15) is 0 Å². The molecule has 0 aliphatic carbocycles. The fourth-order valence-corrected chi connectivity index (χ4v) is 1.79. The fourth-order valence-electron chi connectivity index (χ4n) is 1.79. The highest BCUT2D eigenvalue weighted by Crippen LogP contribution is 2.18. The van der Waals surface area contributed by atoms with E-state index in [4.69, 9.17) is 10.9 Å². The SMILES string of the molecule is N/C(=N/O)c1cccc(CNc2ccc(F)cc2F)c1F. The zero-order valence-corrected chi connectivity index (χ0v) is 10.8. The first-order valence-corrected chi connectivity index (χ1v) is 5.97. The van der Waals surface area contributed by atoms with Crippen LogP contribution in [0.4, 0.5) is 18.9 Å². The van der Waals surface area contributed by atoms with E-state index in [2.05, 4.69) is 10.5 Å². The number of hydrogen-bond acceptors (Lipinski definition) is 3. The van der Waals surface area contributed by atoms with Crippen molar-refractivity contribution in [3.63, 3.8) is 0 Å². The lowest BCUT2D eigenvalue weighted by molar-refractivity contribution is 0.318. The third kappa shape index (κ3) is 3.25. The molecule has 0 spiro atoms. The highest BCUT2D eigenvalue weighted by atomic mass is 19.1. The number of rotatable bonds is 4. The van der Waals surface area contributed by atoms with E-state index < -0.39 is 17.5 Å². The van der Waals surface area contributed by atoms with Crippen molar-refractivity contribution < 1.29 is 18.4 Å². The van der Waals surface area contributed by atoms with Crippen LogP contribution in [0, 0.1) is 17.5 Å². The molecule has 0 saturated heterocycles. The molecule has 0 amide bonds. The lowest BCUT2D eigenvalue weighted by Crippen LogP contribution is -2.16. The Hall–Kier alpha value is -2.70. The molecular weight excluding hydrogens is 283 g/mol. The number of nitrogens with zero attached hydrogens (tertiary/aromatic N) is 1. The van der Waals surface area contributed by atoms with E-state index in [1.54, 1.807) is 0 Å². The summed E-state index contributed by atoms with van der Waals surface area (Å²) >= 11 is 0. The molecule has 2 aromatic rings. The van der Waals surface area contributed by atoms with Crippen LogP contribution in [-0.2, 0) is 6.54 Å². The van der Waals surface area contributed by atoms with Crippen LogP contribution in [0.1, 0.15) is 11.1 Å². The van der Waals surface area contributed by atoms with Crippen molar-refractivity contribution in [2.24, 2.45) is 10.9 Å². The number of oxime groups is 1. The van der Waals surface area contributed by atoms with Gasteiger partial charge in [-0.15, -0.1) is 0 Å². The Morgan fingerprint density at radius 2 is 1.95 bits per heavy atom. The van der Waals surface area contributed by atoms with E-state index in [-0.39, 0.29) is 29.2 Å². The number of amidine groups is 1. The summed E-state index contributed by atoms with van der Waals surface area (Å²) in [5.74, 6) is -2.51. The normalized spacial score (nSPS) is 11.5. The van der Waals surface area contributed by atoms with E-state index in [1.807, 2.05) is 0 Å². The van der Waals surface area contributed by atoms with Crippen molar-refractivity contribution in [2.75, 3.05) is 5.32 Å².